The third kappa shape index (κ3) is 6.59. The van der Waals surface area contributed by atoms with Crippen molar-refractivity contribution in [3.8, 4) is 0 Å². The van der Waals surface area contributed by atoms with Gasteiger partial charge in [0.25, 0.3) is 5.56 Å². The van der Waals surface area contributed by atoms with Gasteiger partial charge in [0.2, 0.25) is 0 Å². The molecule has 0 unspecified atom stereocenters. The summed E-state index contributed by atoms with van der Waals surface area (Å²) in [4.78, 5) is 33.0. The first kappa shape index (κ1) is 24.8. The van der Waals surface area contributed by atoms with Crippen molar-refractivity contribution >= 4 is 34.2 Å². The third-order valence-corrected chi connectivity index (χ3v) is 6.15. The number of nitrogens with one attached hydrogen (secondary N) is 2. The first-order valence-corrected chi connectivity index (χ1v) is 11.9. The number of halogens is 1. The van der Waals surface area contributed by atoms with E-state index >= 15 is 0 Å². The lowest BCUT2D eigenvalue weighted by atomic mass is 10.0. The van der Waals surface area contributed by atoms with E-state index in [2.05, 4.69) is 35.1 Å². The van der Waals surface area contributed by atoms with Crippen LogP contribution < -0.4 is 10.9 Å². The van der Waals surface area contributed by atoms with Gasteiger partial charge in [-0.2, -0.15) is 0 Å². The van der Waals surface area contributed by atoms with Gasteiger partial charge in [-0.05, 0) is 81.4 Å². The minimum Gasteiger partial charge on any atom is -0.322 e. The highest BCUT2D eigenvalue weighted by Gasteiger charge is 2.17. The second-order valence-electron chi connectivity index (χ2n) is 8.41. The molecule has 0 aliphatic heterocycles. The van der Waals surface area contributed by atoms with E-state index in [9.17, 15) is 9.59 Å². The van der Waals surface area contributed by atoms with Gasteiger partial charge >= 0.3 is 6.03 Å². The Labute approximate surface area is 200 Å². The molecule has 33 heavy (non-hydrogen) atoms. The Hall–Kier alpha value is -2.83. The van der Waals surface area contributed by atoms with Gasteiger partial charge in [0.05, 0.1) is 6.54 Å². The molecule has 0 aliphatic rings. The number of aromatic nitrogens is 1. The molecule has 0 atom stereocenters. The zero-order valence-corrected chi connectivity index (χ0v) is 20.6. The van der Waals surface area contributed by atoms with Gasteiger partial charge in [0, 0.05) is 33.7 Å². The maximum Gasteiger partial charge on any atom is 0.322 e. The molecule has 2 amide bonds. The van der Waals surface area contributed by atoms with Crippen LogP contribution in [0.4, 0.5) is 10.5 Å². The normalized spacial score (nSPS) is 11.2. The summed E-state index contributed by atoms with van der Waals surface area (Å²) in [7, 11) is 0. The molecule has 3 rings (SSSR count). The van der Waals surface area contributed by atoms with Crippen LogP contribution in [0.2, 0.25) is 5.02 Å². The number of pyridine rings is 1. The lowest BCUT2D eigenvalue weighted by Gasteiger charge is -2.25. The molecule has 0 radical (unpaired) electrons. The van der Waals surface area contributed by atoms with Crippen molar-refractivity contribution in [3.63, 3.8) is 0 Å². The largest absolute Gasteiger partial charge is 0.322 e. The lowest BCUT2D eigenvalue weighted by molar-refractivity contribution is 0.202. The lowest BCUT2D eigenvalue weighted by Crippen LogP contribution is -2.38. The molecule has 3 aromatic rings. The molecular formula is C26H33ClN4O2. The molecule has 0 fully saturated rings. The van der Waals surface area contributed by atoms with Crippen LogP contribution in [0.1, 0.15) is 37.0 Å². The van der Waals surface area contributed by atoms with Crippen LogP contribution >= 0.6 is 11.6 Å². The second kappa shape index (κ2) is 11.3. The molecule has 176 valence electrons. The number of fused-ring (bicyclic) bond motifs is 1. The summed E-state index contributed by atoms with van der Waals surface area (Å²) in [5, 5.41) is 4.47. The fourth-order valence-electron chi connectivity index (χ4n) is 4.09. The van der Waals surface area contributed by atoms with Crippen molar-refractivity contribution in [1.82, 2.24) is 14.8 Å². The predicted molar refractivity (Wildman–Crippen MR) is 137 cm³/mol. The van der Waals surface area contributed by atoms with Crippen LogP contribution in [-0.4, -0.2) is 47.0 Å². The number of amides is 2. The van der Waals surface area contributed by atoms with Gasteiger partial charge < -0.3 is 20.1 Å². The highest BCUT2D eigenvalue weighted by molar-refractivity contribution is 6.30. The SMILES string of the molecule is CCN(CC)CCCN(Cc1cc2c(C)cc(C)cc2[nH]c1=O)C(=O)Nc1cccc(Cl)c1. The molecule has 0 spiro atoms. The Morgan fingerprint density at radius 3 is 2.52 bits per heavy atom. The van der Waals surface area contributed by atoms with Gasteiger partial charge in [-0.1, -0.05) is 37.6 Å². The molecule has 2 aromatic carbocycles. The number of H-pyrrole nitrogens is 1. The van der Waals surface area contributed by atoms with Crippen LogP contribution in [0.3, 0.4) is 0 Å². The number of aromatic amines is 1. The van der Waals surface area contributed by atoms with Crippen LogP contribution in [-0.2, 0) is 6.54 Å². The number of hydrogen-bond acceptors (Lipinski definition) is 3. The molecule has 0 bridgehead atoms. The standard InChI is InChI=1S/C26H33ClN4O2/c1-5-30(6-2)11-8-12-31(26(33)28-22-10-7-9-21(27)16-22)17-20-15-23-19(4)13-18(3)14-24(23)29-25(20)32/h7,9-10,13-16H,5-6,8,11-12,17H2,1-4H3,(H,28,33)(H,29,32). The van der Waals surface area contributed by atoms with E-state index in [1.807, 2.05) is 26.0 Å². The number of rotatable bonds is 9. The van der Waals surface area contributed by atoms with Crippen molar-refractivity contribution in [2.45, 2.75) is 40.7 Å². The first-order valence-electron chi connectivity index (χ1n) is 11.5. The number of anilines is 1. The maximum absolute atomic E-state index is 13.2. The summed E-state index contributed by atoms with van der Waals surface area (Å²) in [6.45, 7) is 11.9. The zero-order chi connectivity index (χ0) is 24.0. The number of benzene rings is 2. The fraction of sp³-hybridized carbons (Fsp3) is 0.385. The summed E-state index contributed by atoms with van der Waals surface area (Å²) in [6, 6.07) is 12.8. The maximum atomic E-state index is 13.2. The molecule has 1 heterocycles. The minimum atomic E-state index is -0.253. The minimum absolute atomic E-state index is 0.170. The van der Waals surface area contributed by atoms with Gasteiger partial charge in [-0.25, -0.2) is 4.79 Å². The number of aryl methyl sites for hydroxylation is 2. The van der Waals surface area contributed by atoms with E-state index < -0.39 is 0 Å². The van der Waals surface area contributed by atoms with E-state index in [1.54, 1.807) is 29.2 Å². The summed E-state index contributed by atoms with van der Waals surface area (Å²) in [6.07, 6.45) is 0.814. The molecule has 0 saturated heterocycles. The Morgan fingerprint density at radius 1 is 1.06 bits per heavy atom. The average Bonchev–Trinajstić information content (AvgIpc) is 2.76. The van der Waals surface area contributed by atoms with Crippen LogP contribution in [0, 0.1) is 13.8 Å². The molecule has 0 saturated carbocycles. The molecule has 1 aromatic heterocycles. The Bertz CT molecular complexity index is 1170. The zero-order valence-electron chi connectivity index (χ0n) is 19.9. The van der Waals surface area contributed by atoms with Gasteiger partial charge in [-0.15, -0.1) is 0 Å². The Kier molecular flexibility index (Phi) is 8.53. The molecule has 0 aliphatic carbocycles. The number of hydrogen-bond donors (Lipinski definition) is 2. The molecular weight excluding hydrogens is 436 g/mol. The highest BCUT2D eigenvalue weighted by Crippen LogP contribution is 2.20. The fourth-order valence-corrected chi connectivity index (χ4v) is 4.28. The average molecular weight is 469 g/mol. The Balaban J connectivity index is 1.85. The van der Waals surface area contributed by atoms with Crippen molar-refractivity contribution < 1.29 is 4.79 Å². The number of carbonyl (C=O) groups excluding carboxylic acids is 1. The van der Waals surface area contributed by atoms with E-state index in [0.717, 1.165) is 48.1 Å². The van der Waals surface area contributed by atoms with Crippen molar-refractivity contribution in [2.75, 3.05) is 31.5 Å². The predicted octanol–water partition coefficient (Wildman–Crippen LogP) is 5.56. The van der Waals surface area contributed by atoms with E-state index in [1.165, 1.54) is 0 Å². The van der Waals surface area contributed by atoms with E-state index in [4.69, 9.17) is 11.6 Å². The van der Waals surface area contributed by atoms with Gasteiger partial charge in [-0.3, -0.25) is 4.79 Å². The van der Waals surface area contributed by atoms with Crippen LogP contribution in [0.5, 0.6) is 0 Å². The van der Waals surface area contributed by atoms with Crippen molar-refractivity contribution in [3.05, 3.63) is 74.5 Å². The topological polar surface area (TPSA) is 68.4 Å². The summed E-state index contributed by atoms with van der Waals surface area (Å²) in [5.41, 5.74) is 4.04. The molecule has 6 nitrogen and oxygen atoms in total. The molecule has 7 heteroatoms. The quantitative estimate of drug-likeness (QED) is 0.431. The second-order valence-corrected chi connectivity index (χ2v) is 8.85. The summed E-state index contributed by atoms with van der Waals surface area (Å²) < 4.78 is 0. The number of carbonyl (C=O) groups is 1. The van der Waals surface area contributed by atoms with Crippen molar-refractivity contribution in [1.29, 1.82) is 0 Å². The highest BCUT2D eigenvalue weighted by atomic mass is 35.5. The van der Waals surface area contributed by atoms with Crippen LogP contribution in [0.15, 0.2) is 47.3 Å². The summed E-state index contributed by atoms with van der Waals surface area (Å²) >= 11 is 6.07. The van der Waals surface area contributed by atoms with Crippen molar-refractivity contribution in [2.24, 2.45) is 0 Å². The number of urea groups is 1. The monoisotopic (exact) mass is 468 g/mol. The smallest absolute Gasteiger partial charge is 0.322 e. The molecule has 2 N–H and O–H groups in total. The Morgan fingerprint density at radius 2 is 1.82 bits per heavy atom. The summed E-state index contributed by atoms with van der Waals surface area (Å²) in [5.74, 6) is 0. The van der Waals surface area contributed by atoms with E-state index in [-0.39, 0.29) is 18.1 Å². The first-order chi connectivity index (χ1) is 15.8. The van der Waals surface area contributed by atoms with Gasteiger partial charge in [0.1, 0.15) is 0 Å². The van der Waals surface area contributed by atoms with Crippen LogP contribution in [0.25, 0.3) is 10.9 Å². The van der Waals surface area contributed by atoms with Gasteiger partial charge in [0.15, 0.2) is 0 Å². The van der Waals surface area contributed by atoms with E-state index in [0.29, 0.717) is 22.8 Å². The number of nitrogens with zero attached hydrogens (tertiary/aromatic N) is 2. The third-order valence-electron chi connectivity index (χ3n) is 5.91.